The van der Waals surface area contributed by atoms with Crippen LogP contribution in [0.3, 0.4) is 0 Å². The number of piperidine rings is 1. The number of hydrogen-bond acceptors (Lipinski definition) is 4. The van der Waals surface area contributed by atoms with E-state index in [1.54, 1.807) is 17.0 Å². The molecule has 0 saturated carbocycles. The summed E-state index contributed by atoms with van der Waals surface area (Å²) in [5.74, 6) is -0.934. The smallest absolute Gasteiger partial charge is 0.262 e. The van der Waals surface area contributed by atoms with Crippen molar-refractivity contribution in [1.29, 1.82) is 0 Å². The highest BCUT2D eigenvalue weighted by atomic mass is 32.1. The summed E-state index contributed by atoms with van der Waals surface area (Å²) in [4.78, 5) is 39.2. The van der Waals surface area contributed by atoms with Gasteiger partial charge in [-0.3, -0.25) is 14.4 Å². The van der Waals surface area contributed by atoms with E-state index in [4.69, 9.17) is 5.73 Å². The van der Waals surface area contributed by atoms with Crippen molar-refractivity contribution < 1.29 is 14.4 Å². The Hall–Kier alpha value is -2.67. The molecule has 1 aromatic heterocycles. The van der Waals surface area contributed by atoms with Crippen LogP contribution >= 0.6 is 11.3 Å². The van der Waals surface area contributed by atoms with Gasteiger partial charge in [0.2, 0.25) is 11.8 Å². The molecule has 1 atom stereocenters. The average Bonchev–Trinajstić information content (AvgIpc) is 3.21. The van der Waals surface area contributed by atoms with Crippen molar-refractivity contribution in [2.75, 3.05) is 13.1 Å². The number of likely N-dealkylation sites (tertiary alicyclic amines) is 1. The van der Waals surface area contributed by atoms with Crippen LogP contribution in [0.2, 0.25) is 0 Å². The molecule has 1 aliphatic heterocycles. The number of thiophene rings is 1. The fourth-order valence-electron chi connectivity index (χ4n) is 3.11. The maximum Gasteiger partial charge on any atom is 0.262 e. The van der Waals surface area contributed by atoms with Crippen molar-refractivity contribution >= 4 is 29.1 Å². The molecule has 136 valence electrons. The topological polar surface area (TPSA) is 92.5 Å². The van der Waals surface area contributed by atoms with Gasteiger partial charge < -0.3 is 16.0 Å². The van der Waals surface area contributed by atoms with Crippen LogP contribution in [0, 0.1) is 5.92 Å². The lowest BCUT2D eigenvalue weighted by atomic mass is 9.95. The minimum Gasteiger partial charge on any atom is -0.369 e. The predicted octanol–water partition coefficient (Wildman–Crippen LogP) is 1.94. The number of hydrogen-bond donors (Lipinski definition) is 2. The third-order valence-corrected chi connectivity index (χ3v) is 5.48. The summed E-state index contributed by atoms with van der Waals surface area (Å²) >= 11 is 1.33. The van der Waals surface area contributed by atoms with Crippen LogP contribution in [0.4, 0.5) is 0 Å². The molecule has 2 aromatic rings. The normalized spacial score (nSPS) is 16.1. The number of carbonyl (C=O) groups excluding carboxylic acids is 3. The minimum absolute atomic E-state index is 0.163. The standard InChI is InChI=1S/C19H21N3O3S/c20-17(23)14-8-10-22(11-9-14)19(25)16(13-5-2-1-3-6-13)21-18(24)15-7-4-12-26-15/h1-7,12,14,16H,8-11H2,(H2,20,23)(H,21,24)/t16-/m1/s1. The molecule has 2 heterocycles. The molecule has 7 heteroatoms. The van der Waals surface area contributed by atoms with E-state index in [1.165, 1.54) is 11.3 Å². The second-order valence-corrected chi connectivity index (χ2v) is 7.24. The van der Waals surface area contributed by atoms with E-state index in [0.717, 1.165) is 5.56 Å². The van der Waals surface area contributed by atoms with Crippen LogP contribution in [-0.2, 0) is 9.59 Å². The summed E-state index contributed by atoms with van der Waals surface area (Å²) in [5, 5.41) is 4.68. The molecule has 26 heavy (non-hydrogen) atoms. The Kier molecular flexibility index (Phi) is 5.68. The van der Waals surface area contributed by atoms with Gasteiger partial charge in [-0.25, -0.2) is 0 Å². The molecule has 1 saturated heterocycles. The Labute approximate surface area is 156 Å². The molecule has 6 nitrogen and oxygen atoms in total. The highest BCUT2D eigenvalue weighted by Crippen LogP contribution is 2.22. The number of nitrogens with zero attached hydrogens (tertiary/aromatic N) is 1. The fraction of sp³-hybridized carbons (Fsp3) is 0.316. The number of nitrogens with two attached hydrogens (primary N) is 1. The van der Waals surface area contributed by atoms with Crippen LogP contribution in [0.1, 0.15) is 34.1 Å². The van der Waals surface area contributed by atoms with Gasteiger partial charge in [0.05, 0.1) is 4.88 Å². The second-order valence-electron chi connectivity index (χ2n) is 6.30. The van der Waals surface area contributed by atoms with E-state index >= 15 is 0 Å². The largest absolute Gasteiger partial charge is 0.369 e. The maximum absolute atomic E-state index is 13.1. The van der Waals surface area contributed by atoms with Crippen LogP contribution in [0.5, 0.6) is 0 Å². The molecule has 3 N–H and O–H groups in total. The average molecular weight is 371 g/mol. The SMILES string of the molecule is NC(=O)C1CCN(C(=O)[C@H](NC(=O)c2cccs2)c2ccccc2)CC1. The Balaban J connectivity index is 1.76. The first-order chi connectivity index (χ1) is 12.6. The van der Waals surface area contributed by atoms with Gasteiger partial charge in [0.15, 0.2) is 0 Å². The van der Waals surface area contributed by atoms with E-state index < -0.39 is 6.04 Å². The first-order valence-corrected chi connectivity index (χ1v) is 9.41. The number of primary amides is 1. The van der Waals surface area contributed by atoms with Crippen molar-refractivity contribution in [1.82, 2.24) is 10.2 Å². The molecule has 0 radical (unpaired) electrons. The summed E-state index contributed by atoms with van der Waals surface area (Å²) < 4.78 is 0. The summed E-state index contributed by atoms with van der Waals surface area (Å²) in [6.45, 7) is 0.926. The molecule has 0 aliphatic carbocycles. The number of rotatable bonds is 5. The monoisotopic (exact) mass is 371 g/mol. The van der Waals surface area contributed by atoms with Crippen molar-refractivity contribution in [2.45, 2.75) is 18.9 Å². The summed E-state index contributed by atoms with van der Waals surface area (Å²) in [6.07, 6.45) is 1.11. The van der Waals surface area contributed by atoms with Crippen LogP contribution < -0.4 is 11.1 Å². The minimum atomic E-state index is -0.754. The van der Waals surface area contributed by atoms with E-state index in [9.17, 15) is 14.4 Å². The molecular weight excluding hydrogens is 350 g/mol. The van der Waals surface area contributed by atoms with Gasteiger partial charge in [-0.1, -0.05) is 36.4 Å². The predicted molar refractivity (Wildman–Crippen MR) is 99.5 cm³/mol. The lowest BCUT2D eigenvalue weighted by Crippen LogP contribution is -2.47. The van der Waals surface area contributed by atoms with Crippen LogP contribution in [0.15, 0.2) is 47.8 Å². The van der Waals surface area contributed by atoms with Gasteiger partial charge in [0.25, 0.3) is 5.91 Å². The van der Waals surface area contributed by atoms with Gasteiger partial charge in [-0.15, -0.1) is 11.3 Å². The van der Waals surface area contributed by atoms with Gasteiger partial charge in [-0.2, -0.15) is 0 Å². The molecular formula is C19H21N3O3S. The molecule has 1 fully saturated rings. The molecule has 0 spiro atoms. The van der Waals surface area contributed by atoms with Crippen molar-refractivity contribution in [2.24, 2.45) is 11.7 Å². The first-order valence-electron chi connectivity index (χ1n) is 8.53. The Morgan fingerprint density at radius 1 is 1.08 bits per heavy atom. The van der Waals surface area contributed by atoms with Crippen molar-refractivity contribution in [3.63, 3.8) is 0 Å². The van der Waals surface area contributed by atoms with Crippen molar-refractivity contribution in [3.05, 3.63) is 58.3 Å². The van der Waals surface area contributed by atoms with Crippen LogP contribution in [-0.4, -0.2) is 35.7 Å². The summed E-state index contributed by atoms with van der Waals surface area (Å²) in [7, 11) is 0. The number of benzene rings is 1. The van der Waals surface area contributed by atoms with Gasteiger partial charge >= 0.3 is 0 Å². The van der Waals surface area contributed by atoms with Gasteiger partial charge in [-0.05, 0) is 29.9 Å². The Morgan fingerprint density at radius 3 is 2.35 bits per heavy atom. The second kappa shape index (κ2) is 8.14. The lowest BCUT2D eigenvalue weighted by Gasteiger charge is -2.33. The molecule has 1 aromatic carbocycles. The number of amides is 3. The lowest BCUT2D eigenvalue weighted by molar-refractivity contribution is -0.136. The highest BCUT2D eigenvalue weighted by molar-refractivity contribution is 7.12. The first kappa shape index (κ1) is 18.1. The quantitative estimate of drug-likeness (QED) is 0.841. The molecule has 3 rings (SSSR count). The van der Waals surface area contributed by atoms with Crippen LogP contribution in [0.25, 0.3) is 0 Å². The highest BCUT2D eigenvalue weighted by Gasteiger charge is 2.32. The molecule has 0 unspecified atom stereocenters. The molecule has 1 aliphatic rings. The van der Waals surface area contributed by atoms with E-state index in [0.29, 0.717) is 30.8 Å². The number of nitrogens with one attached hydrogen (secondary N) is 1. The number of carbonyl (C=O) groups is 3. The third kappa shape index (κ3) is 4.11. The van der Waals surface area contributed by atoms with E-state index in [-0.39, 0.29) is 23.6 Å². The molecule has 0 bridgehead atoms. The summed E-state index contributed by atoms with van der Waals surface area (Å²) in [5.41, 5.74) is 6.10. The Bertz CT molecular complexity index is 769. The van der Waals surface area contributed by atoms with E-state index in [1.807, 2.05) is 35.7 Å². The van der Waals surface area contributed by atoms with Gasteiger partial charge in [0.1, 0.15) is 6.04 Å². The fourth-order valence-corrected chi connectivity index (χ4v) is 3.74. The zero-order valence-corrected chi connectivity index (χ0v) is 15.1. The van der Waals surface area contributed by atoms with E-state index in [2.05, 4.69) is 5.32 Å². The zero-order valence-electron chi connectivity index (χ0n) is 14.3. The van der Waals surface area contributed by atoms with Crippen molar-refractivity contribution in [3.8, 4) is 0 Å². The van der Waals surface area contributed by atoms with Gasteiger partial charge in [0, 0.05) is 19.0 Å². The summed E-state index contributed by atoms with van der Waals surface area (Å²) in [6, 6.07) is 12.0. The zero-order chi connectivity index (χ0) is 18.5. The maximum atomic E-state index is 13.1. The third-order valence-electron chi connectivity index (χ3n) is 4.61. The Morgan fingerprint density at radius 2 is 1.77 bits per heavy atom. The molecule has 3 amide bonds.